The first kappa shape index (κ1) is 21.2. The zero-order valence-electron chi connectivity index (χ0n) is 18.3. The molecule has 32 heavy (non-hydrogen) atoms. The number of aryl methyl sites for hydroxylation is 4. The van der Waals surface area contributed by atoms with Crippen LogP contribution in [0.2, 0.25) is 0 Å². The molecule has 9 nitrogen and oxygen atoms in total. The lowest BCUT2D eigenvalue weighted by molar-refractivity contribution is 0.0966. The lowest BCUT2D eigenvalue weighted by atomic mass is 10.0. The second-order valence-corrected chi connectivity index (χ2v) is 7.68. The van der Waals surface area contributed by atoms with E-state index in [4.69, 9.17) is 10.2 Å². The molecule has 0 saturated carbocycles. The second kappa shape index (κ2) is 7.92. The van der Waals surface area contributed by atoms with Crippen molar-refractivity contribution in [3.8, 4) is 11.6 Å². The summed E-state index contributed by atoms with van der Waals surface area (Å²) in [4.78, 5) is 47.2. The van der Waals surface area contributed by atoms with Gasteiger partial charge in [-0.25, -0.2) is 14.8 Å². The third-order valence-corrected chi connectivity index (χ3v) is 5.49. The fourth-order valence-electron chi connectivity index (χ4n) is 3.63. The van der Waals surface area contributed by atoms with Gasteiger partial charge in [0, 0.05) is 12.1 Å². The number of nitrogens with two attached hydrogens (primary N) is 1. The number of ketones is 1. The van der Waals surface area contributed by atoms with Crippen LogP contribution in [0.15, 0.2) is 39.5 Å². The van der Waals surface area contributed by atoms with Crippen molar-refractivity contribution in [3.05, 3.63) is 69.0 Å². The van der Waals surface area contributed by atoms with Crippen LogP contribution in [0.5, 0.6) is 0 Å². The van der Waals surface area contributed by atoms with E-state index in [0.29, 0.717) is 17.1 Å². The fourth-order valence-corrected chi connectivity index (χ4v) is 3.63. The summed E-state index contributed by atoms with van der Waals surface area (Å²) in [5.41, 5.74) is 7.86. The van der Waals surface area contributed by atoms with Crippen molar-refractivity contribution in [3.63, 3.8) is 0 Å². The van der Waals surface area contributed by atoms with Gasteiger partial charge in [0.25, 0.3) is 5.91 Å². The van der Waals surface area contributed by atoms with Crippen molar-refractivity contribution in [2.75, 3.05) is 0 Å². The van der Waals surface area contributed by atoms with Crippen LogP contribution in [-0.2, 0) is 13.1 Å². The number of fused-ring (bicyclic) bond motifs is 1. The number of furan rings is 1. The smallest absolute Gasteiger partial charge is 0.330 e. The van der Waals surface area contributed by atoms with Gasteiger partial charge in [-0.15, -0.1) is 0 Å². The number of aromatic nitrogens is 4. The van der Waals surface area contributed by atoms with Crippen molar-refractivity contribution < 1.29 is 14.0 Å². The van der Waals surface area contributed by atoms with Gasteiger partial charge in [-0.05, 0) is 57.0 Å². The summed E-state index contributed by atoms with van der Waals surface area (Å²) >= 11 is 0. The first-order valence-corrected chi connectivity index (χ1v) is 10.2. The number of Topliss-reactive ketones (excluding diaryl/α,β-unsaturated/α-hetero) is 1. The minimum atomic E-state index is -0.831. The molecular weight excluding hydrogens is 410 g/mol. The molecular formula is C23H23N5O4. The zero-order valence-corrected chi connectivity index (χ0v) is 18.3. The van der Waals surface area contributed by atoms with Crippen LogP contribution in [0, 0.1) is 20.8 Å². The van der Waals surface area contributed by atoms with Crippen molar-refractivity contribution in [2.24, 2.45) is 5.73 Å². The van der Waals surface area contributed by atoms with Crippen LogP contribution in [0.3, 0.4) is 0 Å². The molecule has 164 valence electrons. The molecule has 1 aromatic carbocycles. The standard InChI is InChI=1S/C23H23N5O4/c1-5-27-22-19(18(20(24)30)25-21(26-22)17-9-7-14(4)32-17)28(23(27)31)11-16(29)15-8-6-12(2)13(3)10-15/h6-10H,5,11H2,1-4H3,(H2,24,30). The monoisotopic (exact) mass is 433 g/mol. The lowest BCUT2D eigenvalue weighted by Gasteiger charge is -2.08. The Morgan fingerprint density at radius 3 is 2.38 bits per heavy atom. The topological polar surface area (TPSA) is 126 Å². The van der Waals surface area contributed by atoms with Crippen LogP contribution in [-0.4, -0.2) is 30.8 Å². The molecule has 4 rings (SSSR count). The summed E-state index contributed by atoms with van der Waals surface area (Å²) in [7, 11) is 0. The first-order chi connectivity index (χ1) is 15.2. The average Bonchev–Trinajstić information content (AvgIpc) is 3.30. The van der Waals surface area contributed by atoms with Crippen LogP contribution in [0.25, 0.3) is 22.7 Å². The van der Waals surface area contributed by atoms with Crippen molar-refractivity contribution >= 4 is 22.9 Å². The molecule has 3 aromatic heterocycles. The molecule has 4 aromatic rings. The number of primary amides is 1. The van der Waals surface area contributed by atoms with E-state index in [1.807, 2.05) is 19.9 Å². The summed E-state index contributed by atoms with van der Waals surface area (Å²) in [6, 6.07) is 8.78. The van der Waals surface area contributed by atoms with Gasteiger partial charge in [0.15, 0.2) is 28.7 Å². The maximum Gasteiger partial charge on any atom is 0.330 e. The van der Waals surface area contributed by atoms with E-state index in [9.17, 15) is 14.4 Å². The van der Waals surface area contributed by atoms with Crippen LogP contribution in [0.1, 0.15) is 44.7 Å². The number of hydrogen-bond donors (Lipinski definition) is 1. The van der Waals surface area contributed by atoms with Gasteiger partial charge in [0.05, 0.1) is 6.54 Å². The Kier molecular flexibility index (Phi) is 5.25. The molecule has 2 N–H and O–H groups in total. The summed E-state index contributed by atoms with van der Waals surface area (Å²) in [6.45, 7) is 7.43. The predicted molar refractivity (Wildman–Crippen MR) is 119 cm³/mol. The molecule has 3 heterocycles. The Hall–Kier alpha value is -4.01. The molecule has 0 saturated heterocycles. The van der Waals surface area contributed by atoms with E-state index in [1.54, 1.807) is 38.1 Å². The van der Waals surface area contributed by atoms with E-state index >= 15 is 0 Å². The second-order valence-electron chi connectivity index (χ2n) is 7.68. The third-order valence-electron chi connectivity index (χ3n) is 5.49. The number of rotatable bonds is 6. The molecule has 0 spiro atoms. The third kappa shape index (κ3) is 3.51. The summed E-state index contributed by atoms with van der Waals surface area (Å²) in [5.74, 6) is 0.0306. The summed E-state index contributed by atoms with van der Waals surface area (Å²) < 4.78 is 8.18. The molecule has 0 fully saturated rings. The maximum absolute atomic E-state index is 13.2. The Bertz CT molecular complexity index is 1440. The molecule has 0 radical (unpaired) electrons. The highest BCUT2D eigenvalue weighted by Gasteiger charge is 2.25. The van der Waals surface area contributed by atoms with Gasteiger partial charge < -0.3 is 10.2 Å². The minimum Gasteiger partial charge on any atom is -0.458 e. The number of carbonyl (C=O) groups is 2. The van der Waals surface area contributed by atoms with Crippen LogP contribution in [0.4, 0.5) is 0 Å². The highest BCUT2D eigenvalue weighted by atomic mass is 16.3. The van der Waals surface area contributed by atoms with Gasteiger partial charge >= 0.3 is 5.69 Å². The van der Waals surface area contributed by atoms with Crippen molar-refractivity contribution in [1.29, 1.82) is 0 Å². The van der Waals surface area contributed by atoms with E-state index in [-0.39, 0.29) is 41.6 Å². The number of amides is 1. The average molecular weight is 433 g/mol. The van der Waals surface area contributed by atoms with E-state index < -0.39 is 11.6 Å². The molecule has 0 bridgehead atoms. The van der Waals surface area contributed by atoms with E-state index in [1.165, 1.54) is 9.13 Å². The highest BCUT2D eigenvalue weighted by molar-refractivity contribution is 6.03. The van der Waals surface area contributed by atoms with Gasteiger partial charge in [0.1, 0.15) is 11.3 Å². The molecule has 0 atom stereocenters. The van der Waals surface area contributed by atoms with Crippen LogP contribution >= 0.6 is 0 Å². The fraction of sp³-hybridized carbons (Fsp3) is 0.261. The Balaban J connectivity index is 1.92. The molecule has 0 unspecified atom stereocenters. The Morgan fingerprint density at radius 1 is 1.03 bits per heavy atom. The maximum atomic E-state index is 13.2. The summed E-state index contributed by atoms with van der Waals surface area (Å²) in [5, 5.41) is 0. The van der Waals surface area contributed by atoms with Crippen LogP contribution < -0.4 is 11.4 Å². The quantitative estimate of drug-likeness (QED) is 0.466. The molecule has 9 heteroatoms. The highest BCUT2D eigenvalue weighted by Crippen LogP contribution is 2.23. The van der Waals surface area contributed by atoms with Crippen molar-refractivity contribution in [1.82, 2.24) is 19.1 Å². The first-order valence-electron chi connectivity index (χ1n) is 10.2. The SMILES string of the molecule is CCn1c(=O)n(CC(=O)c2ccc(C)c(C)c2)c2c(C(N)=O)nc(-c3ccc(C)o3)nc21. The van der Waals surface area contributed by atoms with Gasteiger partial charge in [-0.3, -0.25) is 18.7 Å². The van der Waals surface area contributed by atoms with Gasteiger partial charge in [-0.2, -0.15) is 0 Å². The predicted octanol–water partition coefficient (Wildman–Crippen LogP) is 2.78. The Labute approximate surface area is 183 Å². The normalized spacial score (nSPS) is 11.2. The molecule has 0 aliphatic rings. The number of benzene rings is 1. The van der Waals surface area contributed by atoms with Gasteiger partial charge in [-0.1, -0.05) is 12.1 Å². The number of hydrogen-bond acceptors (Lipinski definition) is 6. The van der Waals surface area contributed by atoms with Gasteiger partial charge in [0.2, 0.25) is 0 Å². The molecule has 0 aliphatic heterocycles. The zero-order chi connectivity index (χ0) is 23.2. The number of carbonyl (C=O) groups excluding carboxylic acids is 2. The summed E-state index contributed by atoms with van der Waals surface area (Å²) in [6.07, 6.45) is 0. The van der Waals surface area contributed by atoms with Crippen molar-refractivity contribution in [2.45, 2.75) is 40.8 Å². The molecule has 0 aliphatic carbocycles. The van der Waals surface area contributed by atoms with E-state index in [2.05, 4.69) is 9.97 Å². The Morgan fingerprint density at radius 2 is 1.78 bits per heavy atom. The number of imidazole rings is 1. The largest absolute Gasteiger partial charge is 0.458 e. The van der Waals surface area contributed by atoms with E-state index in [0.717, 1.165) is 11.1 Å². The number of nitrogens with zero attached hydrogens (tertiary/aromatic N) is 4. The molecule has 1 amide bonds. The lowest BCUT2D eigenvalue weighted by Crippen LogP contribution is -2.27. The minimum absolute atomic E-state index is 0.133.